The molecule has 5 rings (SSSR count). The van der Waals surface area contributed by atoms with Gasteiger partial charge in [-0.25, -0.2) is 0 Å². The minimum absolute atomic E-state index is 0.234. The summed E-state index contributed by atoms with van der Waals surface area (Å²) < 4.78 is 0. The molecule has 0 unspecified atom stereocenters. The maximum absolute atomic E-state index is 12.7. The van der Waals surface area contributed by atoms with Gasteiger partial charge in [-0.1, -0.05) is 109 Å². The van der Waals surface area contributed by atoms with Gasteiger partial charge in [0.2, 0.25) is 5.91 Å². The number of benzene rings is 4. The highest BCUT2D eigenvalue weighted by atomic mass is 16.2. The molecule has 1 saturated heterocycles. The molecule has 0 aromatic heterocycles. The van der Waals surface area contributed by atoms with E-state index in [1.165, 1.54) is 27.8 Å². The predicted molar refractivity (Wildman–Crippen MR) is 143 cm³/mol. The van der Waals surface area contributed by atoms with Crippen molar-refractivity contribution in [2.45, 2.75) is 31.7 Å². The van der Waals surface area contributed by atoms with E-state index in [1.807, 2.05) is 17.0 Å². The van der Waals surface area contributed by atoms with Crippen molar-refractivity contribution in [3.05, 3.63) is 121 Å². The number of hydrogen-bond acceptors (Lipinski definition) is 1. The van der Waals surface area contributed by atoms with Gasteiger partial charge in [0.1, 0.15) is 0 Å². The zero-order chi connectivity index (χ0) is 23.2. The molecule has 4 aromatic carbocycles. The van der Waals surface area contributed by atoms with E-state index >= 15 is 0 Å². The van der Waals surface area contributed by atoms with Crippen molar-refractivity contribution in [2.24, 2.45) is 0 Å². The van der Waals surface area contributed by atoms with Crippen LogP contribution in [0.4, 0.5) is 5.69 Å². The Morgan fingerprint density at radius 3 is 1.79 bits per heavy atom. The number of carbonyl (C=O) groups is 1. The largest absolute Gasteiger partial charge is 0.309 e. The SMILES string of the molecule is O=C1CC[C@@H](CC/C=C/c2ccc(-c3ccccc3)cc2)N1c1ccc(-c2ccccc2)cc1. The van der Waals surface area contributed by atoms with Crippen molar-refractivity contribution in [3.8, 4) is 22.3 Å². The summed E-state index contributed by atoms with van der Waals surface area (Å²) in [7, 11) is 0. The van der Waals surface area contributed by atoms with Crippen LogP contribution in [-0.4, -0.2) is 11.9 Å². The van der Waals surface area contributed by atoms with Gasteiger partial charge in [-0.2, -0.15) is 0 Å². The number of hydrogen-bond donors (Lipinski definition) is 0. The molecule has 0 N–H and O–H groups in total. The molecule has 0 radical (unpaired) electrons. The van der Waals surface area contributed by atoms with Gasteiger partial charge in [-0.3, -0.25) is 4.79 Å². The van der Waals surface area contributed by atoms with E-state index in [1.54, 1.807) is 0 Å². The molecule has 4 aromatic rings. The lowest BCUT2D eigenvalue weighted by molar-refractivity contribution is -0.117. The van der Waals surface area contributed by atoms with Crippen LogP contribution < -0.4 is 4.90 Å². The van der Waals surface area contributed by atoms with E-state index < -0.39 is 0 Å². The first-order valence-corrected chi connectivity index (χ1v) is 12.1. The Kier molecular flexibility index (Phi) is 6.67. The van der Waals surface area contributed by atoms with Gasteiger partial charge in [0, 0.05) is 18.2 Å². The first kappa shape index (κ1) is 21.9. The van der Waals surface area contributed by atoms with Gasteiger partial charge in [-0.05, 0) is 59.2 Å². The fraction of sp³-hybridized carbons (Fsp3) is 0.156. The Bertz CT molecular complexity index is 1240. The molecule has 34 heavy (non-hydrogen) atoms. The fourth-order valence-electron chi connectivity index (χ4n) is 4.74. The van der Waals surface area contributed by atoms with Gasteiger partial charge in [0.25, 0.3) is 0 Å². The minimum Gasteiger partial charge on any atom is -0.309 e. The van der Waals surface area contributed by atoms with Gasteiger partial charge in [-0.15, -0.1) is 0 Å². The smallest absolute Gasteiger partial charge is 0.227 e. The molecule has 0 spiro atoms. The lowest BCUT2D eigenvalue weighted by Gasteiger charge is -2.25. The minimum atomic E-state index is 0.234. The number of nitrogens with zero attached hydrogens (tertiary/aromatic N) is 1. The Labute approximate surface area is 202 Å². The topological polar surface area (TPSA) is 20.3 Å². The normalized spacial score (nSPS) is 15.8. The third kappa shape index (κ3) is 5.02. The molecule has 2 heteroatoms. The lowest BCUT2D eigenvalue weighted by Crippen LogP contribution is -2.32. The van der Waals surface area contributed by atoms with Crippen LogP contribution in [0.1, 0.15) is 31.2 Å². The Morgan fingerprint density at radius 2 is 1.21 bits per heavy atom. The van der Waals surface area contributed by atoms with Crippen molar-refractivity contribution in [1.82, 2.24) is 0 Å². The van der Waals surface area contributed by atoms with E-state index in [0.29, 0.717) is 6.42 Å². The van der Waals surface area contributed by atoms with Crippen LogP contribution in [0, 0.1) is 0 Å². The maximum Gasteiger partial charge on any atom is 0.227 e. The molecule has 2 nitrogen and oxygen atoms in total. The monoisotopic (exact) mass is 443 g/mol. The number of carbonyl (C=O) groups excluding carboxylic acids is 1. The molecular formula is C32H29NO. The van der Waals surface area contributed by atoms with Crippen LogP contribution in [0.2, 0.25) is 0 Å². The zero-order valence-corrected chi connectivity index (χ0v) is 19.3. The van der Waals surface area contributed by atoms with Crippen molar-refractivity contribution in [2.75, 3.05) is 4.90 Å². The number of amides is 1. The van der Waals surface area contributed by atoms with Crippen LogP contribution in [0.15, 0.2) is 115 Å². The number of allylic oxidation sites excluding steroid dienone is 1. The van der Waals surface area contributed by atoms with Crippen LogP contribution in [0.5, 0.6) is 0 Å². The molecular weight excluding hydrogens is 414 g/mol. The molecule has 0 aliphatic carbocycles. The van der Waals surface area contributed by atoms with E-state index in [-0.39, 0.29) is 11.9 Å². The predicted octanol–water partition coefficient (Wildman–Crippen LogP) is 8.01. The molecule has 1 atom stereocenters. The van der Waals surface area contributed by atoms with Crippen molar-refractivity contribution in [3.63, 3.8) is 0 Å². The summed E-state index contributed by atoms with van der Waals surface area (Å²) in [6.45, 7) is 0. The quantitative estimate of drug-likeness (QED) is 0.283. The van der Waals surface area contributed by atoms with Gasteiger partial charge in [0.05, 0.1) is 0 Å². The molecule has 0 saturated carbocycles. The highest BCUT2D eigenvalue weighted by Crippen LogP contribution is 2.31. The second-order valence-electron chi connectivity index (χ2n) is 8.84. The molecule has 1 aliphatic rings. The Balaban J connectivity index is 1.20. The number of rotatable bonds is 7. The summed E-state index contributed by atoms with van der Waals surface area (Å²) >= 11 is 0. The summed E-state index contributed by atoms with van der Waals surface area (Å²) in [5.41, 5.74) is 7.05. The molecule has 0 bridgehead atoms. The van der Waals surface area contributed by atoms with Crippen LogP contribution in [0.3, 0.4) is 0 Å². The molecule has 1 fully saturated rings. The van der Waals surface area contributed by atoms with Crippen molar-refractivity contribution >= 4 is 17.7 Å². The fourth-order valence-corrected chi connectivity index (χ4v) is 4.74. The average Bonchev–Trinajstić information content (AvgIpc) is 3.28. The van der Waals surface area contributed by atoms with E-state index in [2.05, 4.69) is 109 Å². The van der Waals surface area contributed by atoms with Crippen molar-refractivity contribution in [1.29, 1.82) is 0 Å². The summed E-state index contributed by atoms with van der Waals surface area (Å²) in [4.78, 5) is 14.7. The van der Waals surface area contributed by atoms with Crippen LogP contribution >= 0.6 is 0 Å². The Hall–Kier alpha value is -3.91. The average molecular weight is 444 g/mol. The summed E-state index contributed by atoms with van der Waals surface area (Å²) in [5.74, 6) is 0.234. The lowest BCUT2D eigenvalue weighted by atomic mass is 10.0. The van der Waals surface area contributed by atoms with Crippen molar-refractivity contribution < 1.29 is 4.79 Å². The summed E-state index contributed by atoms with van der Waals surface area (Å²) in [6.07, 6.45) is 7.91. The number of anilines is 1. The second kappa shape index (κ2) is 10.4. The standard InChI is InChI=1S/C32H29NO/c34-32-24-23-30(33(32)31-21-19-29(20-22-31)27-12-5-2-6-13-27)14-8-7-9-25-15-17-28(18-16-25)26-10-3-1-4-11-26/h1-7,9-13,15-22,30H,8,14,23-24H2/b9-7+/t30-/m1/s1. The van der Waals surface area contributed by atoms with Gasteiger partial charge >= 0.3 is 0 Å². The first-order valence-electron chi connectivity index (χ1n) is 12.1. The molecule has 1 amide bonds. The molecule has 1 aliphatic heterocycles. The van der Waals surface area contributed by atoms with E-state index in [9.17, 15) is 4.79 Å². The maximum atomic E-state index is 12.7. The molecule has 1 heterocycles. The van der Waals surface area contributed by atoms with Crippen LogP contribution in [-0.2, 0) is 4.79 Å². The second-order valence-corrected chi connectivity index (χ2v) is 8.84. The zero-order valence-electron chi connectivity index (χ0n) is 19.3. The van der Waals surface area contributed by atoms with Gasteiger partial charge < -0.3 is 4.90 Å². The molecule has 168 valence electrons. The third-order valence-electron chi connectivity index (χ3n) is 6.57. The first-order chi connectivity index (χ1) is 16.8. The van der Waals surface area contributed by atoms with E-state index in [4.69, 9.17) is 0 Å². The third-order valence-corrected chi connectivity index (χ3v) is 6.57. The highest BCUT2D eigenvalue weighted by molar-refractivity contribution is 5.96. The van der Waals surface area contributed by atoms with Crippen LogP contribution in [0.25, 0.3) is 28.3 Å². The summed E-state index contributed by atoms with van der Waals surface area (Å²) in [6, 6.07) is 38.1. The highest BCUT2D eigenvalue weighted by Gasteiger charge is 2.31. The Morgan fingerprint density at radius 1 is 0.676 bits per heavy atom. The summed E-state index contributed by atoms with van der Waals surface area (Å²) in [5, 5.41) is 0. The van der Waals surface area contributed by atoms with E-state index in [0.717, 1.165) is 24.9 Å². The van der Waals surface area contributed by atoms with Gasteiger partial charge in [0.15, 0.2) is 0 Å².